The molecule has 6 aromatic rings. The van der Waals surface area contributed by atoms with Crippen LogP contribution in [0.4, 0.5) is 0 Å². The SMILES string of the molecule is c1ccc([S+](c2ccccc2)c2ccc(Sc3ccc([S+]4c5ccccc5Cc5ccccc54)cc3)cc2)cc1. The van der Waals surface area contributed by atoms with Crippen LogP contribution < -0.4 is 0 Å². The molecule has 0 atom stereocenters. The Hall–Kier alpha value is -3.63. The predicted octanol–water partition coefficient (Wildman–Crippen LogP) is 9.93. The lowest BCUT2D eigenvalue weighted by Gasteiger charge is -2.19. The van der Waals surface area contributed by atoms with E-state index in [1.54, 1.807) is 0 Å². The lowest BCUT2D eigenvalue weighted by Crippen LogP contribution is -2.15. The van der Waals surface area contributed by atoms with Crippen LogP contribution in [0.1, 0.15) is 11.1 Å². The van der Waals surface area contributed by atoms with Crippen molar-refractivity contribution in [1.82, 2.24) is 0 Å². The first-order valence-corrected chi connectivity index (χ1v) is 16.7. The Labute approximate surface area is 246 Å². The molecule has 1 heterocycles. The maximum atomic E-state index is 2.33. The summed E-state index contributed by atoms with van der Waals surface area (Å²) in [7, 11) is -0.186. The first kappa shape index (κ1) is 25.3. The summed E-state index contributed by atoms with van der Waals surface area (Å²) in [5.74, 6) is 0. The minimum Gasteiger partial charge on any atom is -0.0901 e. The van der Waals surface area contributed by atoms with Crippen LogP contribution in [0, 0.1) is 0 Å². The van der Waals surface area contributed by atoms with E-state index < -0.39 is 0 Å². The molecular formula is C37H28S3+2. The minimum atomic E-state index is -0.120. The number of fused-ring (bicyclic) bond motifs is 2. The van der Waals surface area contributed by atoms with Crippen LogP contribution in [0.2, 0.25) is 0 Å². The molecule has 3 heteroatoms. The largest absolute Gasteiger partial charge is 0.170 e. The summed E-state index contributed by atoms with van der Waals surface area (Å²) in [4.78, 5) is 10.9. The Balaban J connectivity index is 1.14. The van der Waals surface area contributed by atoms with Gasteiger partial charge < -0.3 is 0 Å². The van der Waals surface area contributed by atoms with Gasteiger partial charge >= 0.3 is 0 Å². The van der Waals surface area contributed by atoms with E-state index in [2.05, 4.69) is 158 Å². The van der Waals surface area contributed by atoms with Crippen molar-refractivity contribution in [1.29, 1.82) is 0 Å². The van der Waals surface area contributed by atoms with Crippen LogP contribution in [-0.4, -0.2) is 0 Å². The molecule has 0 N–H and O–H groups in total. The number of rotatable bonds is 6. The fourth-order valence-corrected chi connectivity index (χ4v) is 10.5. The Morgan fingerprint density at radius 3 is 1.38 bits per heavy atom. The zero-order valence-electron chi connectivity index (χ0n) is 21.9. The fraction of sp³-hybridized carbons (Fsp3) is 0.0270. The second kappa shape index (κ2) is 11.5. The highest BCUT2D eigenvalue weighted by Gasteiger charge is 2.37. The molecule has 0 spiro atoms. The van der Waals surface area contributed by atoms with Gasteiger partial charge in [0.2, 0.25) is 0 Å². The van der Waals surface area contributed by atoms with Crippen molar-refractivity contribution in [2.45, 2.75) is 45.6 Å². The Kier molecular flexibility index (Phi) is 7.26. The molecule has 0 nitrogen and oxygen atoms in total. The van der Waals surface area contributed by atoms with Gasteiger partial charge in [0.1, 0.15) is 0 Å². The van der Waals surface area contributed by atoms with Crippen molar-refractivity contribution in [2.24, 2.45) is 0 Å². The van der Waals surface area contributed by atoms with E-state index in [-0.39, 0.29) is 21.8 Å². The molecule has 0 saturated heterocycles. The summed E-state index contributed by atoms with van der Waals surface area (Å²) in [5.41, 5.74) is 2.90. The molecule has 1 aliphatic rings. The molecule has 7 rings (SSSR count). The van der Waals surface area contributed by atoms with E-state index in [1.165, 1.54) is 50.3 Å². The summed E-state index contributed by atoms with van der Waals surface area (Å²) in [6.45, 7) is 0. The van der Waals surface area contributed by atoms with Gasteiger partial charge in [-0.3, -0.25) is 0 Å². The Morgan fingerprint density at radius 1 is 0.425 bits per heavy atom. The quantitative estimate of drug-likeness (QED) is 0.180. The van der Waals surface area contributed by atoms with Gasteiger partial charge in [-0.1, -0.05) is 84.6 Å². The third-order valence-electron chi connectivity index (χ3n) is 7.08. The summed E-state index contributed by atoms with van der Waals surface area (Å²) in [6, 6.07) is 58.0. The highest BCUT2D eigenvalue weighted by molar-refractivity contribution is 7.99. The summed E-state index contributed by atoms with van der Waals surface area (Å²) in [5, 5.41) is 0. The molecule has 0 radical (unpaired) electrons. The average Bonchev–Trinajstić information content (AvgIpc) is 3.02. The van der Waals surface area contributed by atoms with Crippen LogP contribution in [0.5, 0.6) is 0 Å². The van der Waals surface area contributed by atoms with Crippen molar-refractivity contribution in [2.75, 3.05) is 0 Å². The van der Waals surface area contributed by atoms with E-state index >= 15 is 0 Å². The molecule has 192 valence electrons. The van der Waals surface area contributed by atoms with Gasteiger partial charge in [-0.15, -0.1) is 0 Å². The van der Waals surface area contributed by atoms with E-state index in [9.17, 15) is 0 Å². The first-order chi connectivity index (χ1) is 19.8. The monoisotopic (exact) mass is 568 g/mol. The lowest BCUT2D eigenvalue weighted by atomic mass is 10.0. The molecule has 0 unspecified atom stereocenters. The summed E-state index contributed by atoms with van der Waals surface area (Å²) >= 11 is 1.83. The first-order valence-electron chi connectivity index (χ1n) is 13.5. The van der Waals surface area contributed by atoms with Gasteiger partial charge in [0.15, 0.2) is 29.4 Å². The second-order valence-corrected chi connectivity index (χ2v) is 14.8. The molecule has 1 aliphatic heterocycles. The molecule has 40 heavy (non-hydrogen) atoms. The number of hydrogen-bond donors (Lipinski definition) is 0. The highest BCUT2D eigenvalue weighted by atomic mass is 32.2. The molecule has 6 aromatic carbocycles. The van der Waals surface area contributed by atoms with Crippen molar-refractivity contribution in [3.63, 3.8) is 0 Å². The standard InChI is InChI=1S/C37H28S3/c1-3-13-32(14-4-1)39(33-15-5-2-6-16-33)34-23-19-30(20-24-34)38-31-21-25-35(26-22-31)40-36-17-9-7-11-28(36)27-29-12-8-10-18-37(29)40/h1-26H,27H2/q+2. The van der Waals surface area contributed by atoms with Crippen LogP contribution in [0.15, 0.2) is 197 Å². The lowest BCUT2D eigenvalue weighted by molar-refractivity contribution is 1.04. The van der Waals surface area contributed by atoms with Crippen molar-refractivity contribution >= 4 is 33.6 Å². The van der Waals surface area contributed by atoms with Crippen molar-refractivity contribution in [3.05, 3.63) is 169 Å². The average molecular weight is 569 g/mol. The van der Waals surface area contributed by atoms with Gasteiger partial charge in [-0.25, -0.2) is 0 Å². The van der Waals surface area contributed by atoms with E-state index in [0.717, 1.165) is 6.42 Å². The molecule has 0 saturated carbocycles. The Bertz CT molecular complexity index is 1640. The normalized spacial score (nSPS) is 12.6. The molecule has 0 amide bonds. The van der Waals surface area contributed by atoms with Crippen LogP contribution in [0.3, 0.4) is 0 Å². The van der Waals surface area contributed by atoms with Crippen LogP contribution >= 0.6 is 11.8 Å². The van der Waals surface area contributed by atoms with E-state index in [4.69, 9.17) is 0 Å². The van der Waals surface area contributed by atoms with Crippen molar-refractivity contribution in [3.8, 4) is 0 Å². The smallest absolute Gasteiger partial charge is 0.0901 e. The molecule has 0 aromatic heterocycles. The topological polar surface area (TPSA) is 0 Å². The zero-order chi connectivity index (χ0) is 26.7. The van der Waals surface area contributed by atoms with Crippen LogP contribution in [0.25, 0.3) is 0 Å². The van der Waals surface area contributed by atoms with E-state index in [0.29, 0.717) is 0 Å². The van der Waals surface area contributed by atoms with Gasteiger partial charge in [-0.2, -0.15) is 0 Å². The Morgan fingerprint density at radius 2 is 0.850 bits per heavy atom. The van der Waals surface area contributed by atoms with Gasteiger partial charge in [0.05, 0.1) is 21.8 Å². The van der Waals surface area contributed by atoms with E-state index in [1.807, 2.05) is 11.8 Å². The molecule has 0 aliphatic carbocycles. The van der Waals surface area contributed by atoms with Crippen molar-refractivity contribution < 1.29 is 0 Å². The van der Waals surface area contributed by atoms with Gasteiger partial charge in [-0.05, 0) is 84.9 Å². The second-order valence-electron chi connectivity index (χ2n) is 9.68. The van der Waals surface area contributed by atoms with Crippen LogP contribution in [-0.2, 0) is 28.2 Å². The third-order valence-corrected chi connectivity index (χ3v) is 12.7. The van der Waals surface area contributed by atoms with Gasteiger partial charge in [0.25, 0.3) is 0 Å². The number of benzene rings is 6. The molecule has 0 fully saturated rings. The maximum absolute atomic E-state index is 2.33. The minimum absolute atomic E-state index is 0.0660. The fourth-order valence-electron chi connectivity index (χ4n) is 5.22. The highest BCUT2D eigenvalue weighted by Crippen LogP contribution is 2.41. The predicted molar refractivity (Wildman–Crippen MR) is 170 cm³/mol. The molecular weight excluding hydrogens is 541 g/mol. The van der Waals surface area contributed by atoms with Gasteiger partial charge in [0, 0.05) is 27.3 Å². The summed E-state index contributed by atoms with van der Waals surface area (Å²) < 4.78 is 0. The summed E-state index contributed by atoms with van der Waals surface area (Å²) in [6.07, 6.45) is 1.02. The maximum Gasteiger partial charge on any atom is 0.170 e. The zero-order valence-corrected chi connectivity index (χ0v) is 24.4. The molecule has 0 bridgehead atoms. The number of hydrogen-bond acceptors (Lipinski definition) is 1. The third kappa shape index (κ3) is 5.13.